The summed E-state index contributed by atoms with van der Waals surface area (Å²) in [7, 11) is 0. The highest BCUT2D eigenvalue weighted by Gasteiger charge is 2.30. The van der Waals surface area contributed by atoms with Gasteiger partial charge in [-0.1, -0.05) is 42.0 Å². The van der Waals surface area contributed by atoms with Crippen molar-refractivity contribution in [3.63, 3.8) is 0 Å². The summed E-state index contributed by atoms with van der Waals surface area (Å²) in [6.45, 7) is 2.95. The lowest BCUT2D eigenvalue weighted by Crippen LogP contribution is -2.39. The average molecular weight is 543 g/mol. The third-order valence-corrected chi connectivity index (χ3v) is 6.96. The van der Waals surface area contributed by atoms with E-state index in [1.807, 2.05) is 30.4 Å². The van der Waals surface area contributed by atoms with Gasteiger partial charge in [0.15, 0.2) is 0 Å². The molecule has 0 unspecified atom stereocenters. The van der Waals surface area contributed by atoms with E-state index in [2.05, 4.69) is 5.32 Å². The molecule has 0 saturated carbocycles. The Hall–Kier alpha value is -4.43. The molecule has 0 spiro atoms. The van der Waals surface area contributed by atoms with Crippen molar-refractivity contribution in [1.29, 1.82) is 0 Å². The fourth-order valence-electron chi connectivity index (χ4n) is 4.73. The van der Waals surface area contributed by atoms with E-state index in [-0.39, 0.29) is 43.3 Å². The monoisotopic (exact) mass is 542 g/mol. The minimum absolute atomic E-state index is 0.0425. The van der Waals surface area contributed by atoms with Crippen LogP contribution in [0.1, 0.15) is 38.8 Å². The molecule has 0 aliphatic carbocycles. The van der Waals surface area contributed by atoms with Crippen LogP contribution in [0.25, 0.3) is 0 Å². The lowest BCUT2D eigenvalue weighted by molar-refractivity contribution is -0.119. The molecule has 39 heavy (non-hydrogen) atoms. The Labute approximate surface area is 231 Å². The van der Waals surface area contributed by atoms with Crippen molar-refractivity contribution >= 4 is 46.6 Å². The molecule has 3 aromatic carbocycles. The standard InChI is InChI=1S/C30H27ClN4O4/c1-20(36)32-26-13-10-24-18-34(30(39)23-8-11-25(31)12-9-23)19-28(37)35(27(24)16-26)17-21-4-6-22(7-5-21)29(38)33-14-2-3-15-33/h2-13,16H,14-15,17-19H2,1H3,(H,32,36). The molecule has 3 aromatic rings. The maximum Gasteiger partial charge on any atom is 0.254 e. The molecule has 2 aliphatic heterocycles. The molecule has 5 rings (SSSR count). The number of amides is 4. The van der Waals surface area contributed by atoms with Crippen molar-refractivity contribution in [2.45, 2.75) is 20.0 Å². The molecule has 2 heterocycles. The largest absolute Gasteiger partial charge is 0.331 e. The van der Waals surface area contributed by atoms with Gasteiger partial charge < -0.3 is 20.0 Å². The number of fused-ring (bicyclic) bond motifs is 1. The van der Waals surface area contributed by atoms with Crippen molar-refractivity contribution in [3.05, 3.63) is 106 Å². The molecule has 1 N–H and O–H groups in total. The molecule has 198 valence electrons. The van der Waals surface area contributed by atoms with Gasteiger partial charge in [-0.2, -0.15) is 0 Å². The molecule has 4 amide bonds. The van der Waals surface area contributed by atoms with Gasteiger partial charge >= 0.3 is 0 Å². The number of benzene rings is 3. The van der Waals surface area contributed by atoms with Gasteiger partial charge in [0.2, 0.25) is 11.8 Å². The average Bonchev–Trinajstić information content (AvgIpc) is 3.43. The Morgan fingerprint density at radius 1 is 0.821 bits per heavy atom. The molecule has 8 nitrogen and oxygen atoms in total. The fourth-order valence-corrected chi connectivity index (χ4v) is 4.85. The number of hydrogen-bond donors (Lipinski definition) is 1. The van der Waals surface area contributed by atoms with Gasteiger partial charge in [-0.3, -0.25) is 19.2 Å². The van der Waals surface area contributed by atoms with Crippen LogP contribution in [0.2, 0.25) is 5.02 Å². The number of nitrogens with one attached hydrogen (secondary N) is 1. The Bertz CT molecular complexity index is 1460. The molecule has 0 bridgehead atoms. The summed E-state index contributed by atoms with van der Waals surface area (Å²) in [6.07, 6.45) is 3.93. The molecule has 0 radical (unpaired) electrons. The van der Waals surface area contributed by atoms with Crippen molar-refractivity contribution in [2.75, 3.05) is 29.9 Å². The predicted molar refractivity (Wildman–Crippen MR) is 150 cm³/mol. The van der Waals surface area contributed by atoms with Crippen LogP contribution in [-0.4, -0.2) is 53.1 Å². The quantitative estimate of drug-likeness (QED) is 0.481. The van der Waals surface area contributed by atoms with E-state index in [0.29, 0.717) is 40.6 Å². The Morgan fingerprint density at radius 2 is 1.44 bits per heavy atom. The van der Waals surface area contributed by atoms with Gasteiger partial charge in [0, 0.05) is 48.4 Å². The zero-order chi connectivity index (χ0) is 27.5. The molecule has 0 saturated heterocycles. The Morgan fingerprint density at radius 3 is 2.08 bits per heavy atom. The second-order valence-electron chi connectivity index (χ2n) is 9.55. The van der Waals surface area contributed by atoms with E-state index in [4.69, 9.17) is 11.6 Å². The number of halogens is 1. The molecule has 0 aromatic heterocycles. The van der Waals surface area contributed by atoms with Gasteiger partial charge in [-0.05, 0) is 59.7 Å². The van der Waals surface area contributed by atoms with Crippen LogP contribution in [0.4, 0.5) is 11.4 Å². The normalized spacial score (nSPS) is 14.7. The number of anilines is 2. The summed E-state index contributed by atoms with van der Waals surface area (Å²) in [5, 5.41) is 3.29. The summed E-state index contributed by atoms with van der Waals surface area (Å²) >= 11 is 5.99. The van der Waals surface area contributed by atoms with Gasteiger partial charge in [0.1, 0.15) is 6.54 Å². The number of nitrogens with zero attached hydrogens (tertiary/aromatic N) is 3. The molecular formula is C30H27ClN4O4. The molecular weight excluding hydrogens is 516 g/mol. The van der Waals surface area contributed by atoms with E-state index < -0.39 is 0 Å². The molecule has 0 atom stereocenters. The second-order valence-corrected chi connectivity index (χ2v) is 9.99. The Kier molecular flexibility index (Phi) is 7.47. The van der Waals surface area contributed by atoms with Crippen LogP contribution in [0, 0.1) is 0 Å². The predicted octanol–water partition coefficient (Wildman–Crippen LogP) is 4.50. The minimum atomic E-state index is -0.280. The first kappa shape index (κ1) is 26.2. The summed E-state index contributed by atoms with van der Waals surface area (Å²) in [5.74, 6) is -0.814. The van der Waals surface area contributed by atoms with Gasteiger partial charge in [-0.25, -0.2) is 0 Å². The van der Waals surface area contributed by atoms with Crippen molar-refractivity contribution in [3.8, 4) is 0 Å². The Balaban J connectivity index is 1.43. The van der Waals surface area contributed by atoms with E-state index >= 15 is 0 Å². The zero-order valence-electron chi connectivity index (χ0n) is 21.4. The van der Waals surface area contributed by atoms with Gasteiger partial charge in [0.05, 0.1) is 12.2 Å². The third-order valence-electron chi connectivity index (χ3n) is 6.71. The first-order valence-corrected chi connectivity index (χ1v) is 13.0. The van der Waals surface area contributed by atoms with Crippen LogP contribution in [0.5, 0.6) is 0 Å². The molecule has 2 aliphatic rings. The summed E-state index contributed by atoms with van der Waals surface area (Å²) in [6, 6.07) is 19.1. The van der Waals surface area contributed by atoms with E-state index in [1.165, 1.54) is 11.8 Å². The minimum Gasteiger partial charge on any atom is -0.331 e. The van der Waals surface area contributed by atoms with Crippen LogP contribution in [0.3, 0.4) is 0 Å². The summed E-state index contributed by atoms with van der Waals surface area (Å²) < 4.78 is 0. The highest BCUT2D eigenvalue weighted by molar-refractivity contribution is 6.30. The van der Waals surface area contributed by atoms with Crippen molar-refractivity contribution in [1.82, 2.24) is 9.80 Å². The maximum atomic E-state index is 13.6. The topological polar surface area (TPSA) is 90.0 Å². The number of rotatable bonds is 5. The zero-order valence-corrected chi connectivity index (χ0v) is 22.1. The van der Waals surface area contributed by atoms with E-state index in [9.17, 15) is 19.2 Å². The first-order chi connectivity index (χ1) is 18.8. The first-order valence-electron chi connectivity index (χ1n) is 12.6. The van der Waals surface area contributed by atoms with Crippen LogP contribution < -0.4 is 10.2 Å². The van der Waals surface area contributed by atoms with Crippen molar-refractivity contribution < 1.29 is 19.2 Å². The SMILES string of the molecule is CC(=O)Nc1ccc2c(c1)N(Cc1ccc(C(=O)N3CC=CC3)cc1)C(=O)CN(C(=O)c1ccc(Cl)cc1)C2. The van der Waals surface area contributed by atoms with Crippen LogP contribution in [0.15, 0.2) is 78.9 Å². The van der Waals surface area contributed by atoms with Gasteiger partial charge in [0.25, 0.3) is 11.8 Å². The number of carbonyl (C=O) groups excluding carboxylic acids is 4. The van der Waals surface area contributed by atoms with E-state index in [1.54, 1.807) is 58.3 Å². The van der Waals surface area contributed by atoms with Gasteiger partial charge in [-0.15, -0.1) is 0 Å². The van der Waals surface area contributed by atoms with E-state index in [0.717, 1.165) is 11.1 Å². The lowest BCUT2D eigenvalue weighted by Gasteiger charge is -2.24. The smallest absolute Gasteiger partial charge is 0.254 e. The maximum absolute atomic E-state index is 13.6. The summed E-state index contributed by atoms with van der Waals surface area (Å²) in [4.78, 5) is 56.2. The number of hydrogen-bond acceptors (Lipinski definition) is 4. The lowest BCUT2D eigenvalue weighted by atomic mass is 10.1. The second kappa shape index (κ2) is 11.1. The molecule has 9 heteroatoms. The molecule has 0 fully saturated rings. The summed E-state index contributed by atoms with van der Waals surface area (Å²) in [5.41, 5.74) is 3.78. The van der Waals surface area contributed by atoms with Crippen molar-refractivity contribution in [2.24, 2.45) is 0 Å². The fraction of sp³-hybridized carbons (Fsp3) is 0.200. The number of carbonyl (C=O) groups is 4. The highest BCUT2D eigenvalue weighted by Crippen LogP contribution is 2.31. The highest BCUT2D eigenvalue weighted by atomic mass is 35.5. The van der Waals surface area contributed by atoms with Crippen LogP contribution >= 0.6 is 11.6 Å². The third kappa shape index (κ3) is 5.86. The van der Waals surface area contributed by atoms with Crippen LogP contribution in [-0.2, 0) is 22.7 Å².